The zero-order valence-corrected chi connectivity index (χ0v) is 17.6. The molecule has 0 unspecified atom stereocenters. The van der Waals surface area contributed by atoms with E-state index in [1.165, 1.54) is 19.3 Å². The number of amides is 1. The number of ether oxygens (including phenoxy) is 2. The maximum atomic E-state index is 12.0. The van der Waals surface area contributed by atoms with E-state index in [1.807, 2.05) is 24.3 Å². The SMILES string of the molecule is COCCC1(CNC(=NCc2ccc(OC)cc2)NCC(=O)N(C)C)CCC1. The van der Waals surface area contributed by atoms with Gasteiger partial charge < -0.3 is 25.0 Å². The molecule has 0 aromatic heterocycles. The summed E-state index contributed by atoms with van der Waals surface area (Å²) < 4.78 is 10.5. The predicted octanol–water partition coefficient (Wildman–Crippen LogP) is 2.03. The second-order valence-corrected chi connectivity index (χ2v) is 7.60. The van der Waals surface area contributed by atoms with Crippen LogP contribution < -0.4 is 15.4 Å². The molecule has 0 bridgehead atoms. The van der Waals surface area contributed by atoms with Crippen LogP contribution in [0.3, 0.4) is 0 Å². The number of carbonyl (C=O) groups is 1. The smallest absolute Gasteiger partial charge is 0.241 e. The summed E-state index contributed by atoms with van der Waals surface area (Å²) >= 11 is 0. The van der Waals surface area contributed by atoms with Crippen LogP contribution in [-0.4, -0.2) is 64.8 Å². The standard InChI is InChI=1S/C21H34N4O3/c1-25(2)19(26)15-23-20(22-14-17-6-8-18(28-4)9-7-17)24-16-21(10-5-11-21)12-13-27-3/h6-9H,5,10-16H2,1-4H3,(H2,22,23,24). The first-order chi connectivity index (χ1) is 13.5. The van der Waals surface area contributed by atoms with E-state index in [1.54, 1.807) is 33.2 Å². The van der Waals surface area contributed by atoms with Gasteiger partial charge in [0.1, 0.15) is 5.75 Å². The van der Waals surface area contributed by atoms with Crippen LogP contribution in [0.2, 0.25) is 0 Å². The Bertz CT molecular complexity index is 640. The summed E-state index contributed by atoms with van der Waals surface area (Å²) in [4.78, 5) is 18.2. The van der Waals surface area contributed by atoms with Crippen molar-refractivity contribution < 1.29 is 14.3 Å². The lowest BCUT2D eigenvalue weighted by atomic mass is 9.67. The summed E-state index contributed by atoms with van der Waals surface area (Å²) in [5.74, 6) is 1.50. The van der Waals surface area contributed by atoms with E-state index < -0.39 is 0 Å². The molecule has 7 heteroatoms. The van der Waals surface area contributed by atoms with Crippen molar-refractivity contribution in [1.82, 2.24) is 15.5 Å². The van der Waals surface area contributed by atoms with Crippen LogP contribution in [0.25, 0.3) is 0 Å². The molecule has 1 aliphatic rings. The van der Waals surface area contributed by atoms with Gasteiger partial charge >= 0.3 is 0 Å². The molecule has 1 aromatic carbocycles. The molecule has 0 aliphatic heterocycles. The molecule has 0 spiro atoms. The van der Waals surface area contributed by atoms with Crippen LogP contribution >= 0.6 is 0 Å². The summed E-state index contributed by atoms with van der Waals surface area (Å²) in [6.07, 6.45) is 4.70. The molecule has 1 amide bonds. The Hall–Kier alpha value is -2.28. The molecule has 156 valence electrons. The van der Waals surface area contributed by atoms with E-state index >= 15 is 0 Å². The Kier molecular flexibility index (Phi) is 8.57. The van der Waals surface area contributed by atoms with Gasteiger partial charge in [0.15, 0.2) is 5.96 Å². The summed E-state index contributed by atoms with van der Waals surface area (Å²) in [5.41, 5.74) is 1.35. The van der Waals surface area contributed by atoms with Gasteiger partial charge in [0, 0.05) is 34.4 Å². The molecule has 1 saturated carbocycles. The fourth-order valence-electron chi connectivity index (χ4n) is 3.17. The first-order valence-electron chi connectivity index (χ1n) is 9.82. The lowest BCUT2D eigenvalue weighted by Gasteiger charge is -2.42. The van der Waals surface area contributed by atoms with Crippen molar-refractivity contribution in [3.05, 3.63) is 29.8 Å². The normalized spacial score (nSPS) is 15.5. The summed E-state index contributed by atoms with van der Waals surface area (Å²) in [6.45, 7) is 2.35. The number of aliphatic imine (C=N–C) groups is 1. The van der Waals surface area contributed by atoms with Crippen molar-refractivity contribution in [1.29, 1.82) is 0 Å². The first kappa shape index (κ1) is 22.0. The lowest BCUT2D eigenvalue weighted by Crippen LogP contribution is -2.48. The zero-order valence-electron chi connectivity index (χ0n) is 17.6. The summed E-state index contributed by atoms with van der Waals surface area (Å²) in [6, 6.07) is 7.85. The number of hydrogen-bond acceptors (Lipinski definition) is 4. The number of hydrogen-bond donors (Lipinski definition) is 2. The van der Waals surface area contributed by atoms with Gasteiger partial charge in [-0.1, -0.05) is 18.6 Å². The number of guanidine groups is 1. The highest BCUT2D eigenvalue weighted by atomic mass is 16.5. The zero-order chi connectivity index (χ0) is 20.4. The quantitative estimate of drug-likeness (QED) is 0.472. The molecule has 0 saturated heterocycles. The van der Waals surface area contributed by atoms with Gasteiger partial charge in [0.25, 0.3) is 0 Å². The van der Waals surface area contributed by atoms with Crippen molar-refractivity contribution in [2.24, 2.45) is 10.4 Å². The van der Waals surface area contributed by atoms with E-state index in [0.717, 1.165) is 30.9 Å². The number of nitrogens with zero attached hydrogens (tertiary/aromatic N) is 2. The van der Waals surface area contributed by atoms with Crippen LogP contribution in [-0.2, 0) is 16.1 Å². The Morgan fingerprint density at radius 1 is 1.18 bits per heavy atom. The molecule has 28 heavy (non-hydrogen) atoms. The van der Waals surface area contributed by atoms with Crippen molar-refractivity contribution in [3.8, 4) is 5.75 Å². The number of methoxy groups -OCH3 is 2. The third-order valence-corrected chi connectivity index (χ3v) is 5.37. The highest BCUT2D eigenvalue weighted by Crippen LogP contribution is 2.43. The van der Waals surface area contributed by atoms with Gasteiger partial charge in [-0.2, -0.15) is 0 Å². The topological polar surface area (TPSA) is 75.2 Å². The number of carbonyl (C=O) groups excluding carboxylic acids is 1. The number of benzene rings is 1. The molecular formula is C21H34N4O3. The van der Waals surface area contributed by atoms with Gasteiger partial charge in [-0.3, -0.25) is 4.79 Å². The highest BCUT2D eigenvalue weighted by molar-refractivity contribution is 5.86. The molecule has 0 heterocycles. The maximum absolute atomic E-state index is 12.0. The van der Waals surface area contributed by atoms with Crippen molar-refractivity contribution in [2.45, 2.75) is 32.2 Å². The van der Waals surface area contributed by atoms with Gasteiger partial charge in [-0.15, -0.1) is 0 Å². The Labute approximate surface area is 168 Å². The molecule has 1 aliphatic carbocycles. The lowest BCUT2D eigenvalue weighted by molar-refractivity contribution is -0.127. The minimum Gasteiger partial charge on any atom is -0.497 e. The third-order valence-electron chi connectivity index (χ3n) is 5.37. The van der Waals surface area contributed by atoms with Crippen LogP contribution in [0.15, 0.2) is 29.3 Å². The van der Waals surface area contributed by atoms with Gasteiger partial charge in [-0.05, 0) is 42.4 Å². The summed E-state index contributed by atoms with van der Waals surface area (Å²) in [7, 11) is 6.90. The minimum absolute atomic E-state index is 0.0108. The molecule has 2 N–H and O–H groups in total. The largest absolute Gasteiger partial charge is 0.497 e. The van der Waals surface area contributed by atoms with E-state index in [-0.39, 0.29) is 17.9 Å². The van der Waals surface area contributed by atoms with Crippen LogP contribution in [0.5, 0.6) is 5.75 Å². The van der Waals surface area contributed by atoms with E-state index in [4.69, 9.17) is 9.47 Å². The van der Waals surface area contributed by atoms with Crippen LogP contribution in [0.1, 0.15) is 31.2 Å². The highest BCUT2D eigenvalue weighted by Gasteiger charge is 2.36. The molecule has 1 aromatic rings. The first-order valence-corrected chi connectivity index (χ1v) is 9.82. The molecular weight excluding hydrogens is 356 g/mol. The third kappa shape index (κ3) is 6.71. The van der Waals surface area contributed by atoms with Gasteiger partial charge in [0.05, 0.1) is 20.2 Å². The number of nitrogens with one attached hydrogen (secondary N) is 2. The van der Waals surface area contributed by atoms with Gasteiger partial charge in [0.2, 0.25) is 5.91 Å². The maximum Gasteiger partial charge on any atom is 0.241 e. The number of rotatable bonds is 10. The Balaban J connectivity index is 1.99. The van der Waals surface area contributed by atoms with Crippen molar-refractivity contribution in [3.63, 3.8) is 0 Å². The molecule has 0 radical (unpaired) electrons. The predicted molar refractivity (Wildman–Crippen MR) is 112 cm³/mol. The van der Waals surface area contributed by atoms with Gasteiger partial charge in [-0.25, -0.2) is 4.99 Å². The fraction of sp³-hybridized carbons (Fsp3) is 0.619. The van der Waals surface area contributed by atoms with Crippen LogP contribution in [0, 0.1) is 5.41 Å². The van der Waals surface area contributed by atoms with Crippen molar-refractivity contribution >= 4 is 11.9 Å². The van der Waals surface area contributed by atoms with E-state index in [0.29, 0.717) is 12.5 Å². The molecule has 2 rings (SSSR count). The van der Waals surface area contributed by atoms with E-state index in [2.05, 4.69) is 15.6 Å². The fourth-order valence-corrected chi connectivity index (χ4v) is 3.17. The molecule has 0 atom stereocenters. The van der Waals surface area contributed by atoms with E-state index in [9.17, 15) is 4.79 Å². The minimum atomic E-state index is 0.0108. The summed E-state index contributed by atoms with van der Waals surface area (Å²) in [5, 5.41) is 6.61. The Morgan fingerprint density at radius 3 is 2.43 bits per heavy atom. The number of likely N-dealkylation sites (N-methyl/N-ethyl adjacent to an activating group) is 1. The second-order valence-electron chi connectivity index (χ2n) is 7.60. The van der Waals surface area contributed by atoms with Crippen molar-refractivity contribution in [2.75, 3.05) is 48.0 Å². The molecule has 1 fully saturated rings. The average Bonchev–Trinajstić information content (AvgIpc) is 2.68. The average molecular weight is 391 g/mol. The Morgan fingerprint density at radius 2 is 1.89 bits per heavy atom. The monoisotopic (exact) mass is 390 g/mol. The van der Waals surface area contributed by atoms with Crippen LogP contribution in [0.4, 0.5) is 0 Å². The second kappa shape index (κ2) is 10.9. The molecule has 7 nitrogen and oxygen atoms in total.